The molecule has 0 aromatic heterocycles. The highest BCUT2D eigenvalue weighted by Gasteiger charge is 2.56. The number of rotatable bonds is 2. The molecule has 1 aliphatic carbocycles. The zero-order valence-corrected chi connectivity index (χ0v) is 10.2. The van der Waals surface area contributed by atoms with Gasteiger partial charge in [0.25, 0.3) is 0 Å². The highest BCUT2D eigenvalue weighted by Crippen LogP contribution is 2.38. The molecule has 0 saturated carbocycles. The molecular formula is C12H18O7. The lowest BCUT2D eigenvalue weighted by Gasteiger charge is -2.49. The van der Waals surface area contributed by atoms with E-state index in [9.17, 15) is 25.2 Å². The number of hydrogen-bond acceptors (Lipinski definition) is 7. The SMILES string of the molecule is O=C1C=CCC(C2(O)O[C@H](CO)[C@@H](O)[C@H](O)[C@H]2O)C1. The molecule has 2 unspecified atom stereocenters. The van der Waals surface area contributed by atoms with Gasteiger partial charge in [-0.25, -0.2) is 0 Å². The Kier molecular flexibility index (Phi) is 4.05. The van der Waals surface area contributed by atoms with E-state index in [0.717, 1.165) is 0 Å². The van der Waals surface area contributed by atoms with Crippen molar-refractivity contribution in [1.82, 2.24) is 0 Å². The summed E-state index contributed by atoms with van der Waals surface area (Å²) >= 11 is 0. The van der Waals surface area contributed by atoms with E-state index in [4.69, 9.17) is 9.84 Å². The van der Waals surface area contributed by atoms with Crippen LogP contribution in [0.25, 0.3) is 0 Å². The maximum absolute atomic E-state index is 11.4. The van der Waals surface area contributed by atoms with Crippen molar-refractivity contribution in [2.45, 2.75) is 43.0 Å². The minimum absolute atomic E-state index is 0.0367. The first kappa shape index (κ1) is 14.6. The van der Waals surface area contributed by atoms with Crippen molar-refractivity contribution < 1.29 is 35.1 Å². The number of carbonyl (C=O) groups is 1. The van der Waals surface area contributed by atoms with Crippen LogP contribution in [0.5, 0.6) is 0 Å². The third-order valence-electron chi connectivity index (χ3n) is 3.76. The predicted octanol–water partition coefficient (Wildman–Crippen LogP) is -2.32. The molecule has 6 atom stereocenters. The van der Waals surface area contributed by atoms with Gasteiger partial charge in [-0.3, -0.25) is 4.79 Å². The number of allylic oxidation sites excluding steroid dienone is 2. The molecule has 7 nitrogen and oxygen atoms in total. The summed E-state index contributed by atoms with van der Waals surface area (Å²) < 4.78 is 5.17. The number of ketones is 1. The average Bonchev–Trinajstić information content (AvgIpc) is 2.40. The molecule has 0 radical (unpaired) electrons. The van der Waals surface area contributed by atoms with Crippen molar-refractivity contribution in [3.05, 3.63) is 12.2 Å². The van der Waals surface area contributed by atoms with Crippen molar-refractivity contribution >= 4 is 5.78 Å². The fourth-order valence-electron chi connectivity index (χ4n) is 2.59. The highest BCUT2D eigenvalue weighted by atomic mass is 16.7. The number of hydrogen-bond donors (Lipinski definition) is 5. The van der Waals surface area contributed by atoms with Crippen molar-refractivity contribution in [2.24, 2.45) is 5.92 Å². The van der Waals surface area contributed by atoms with E-state index in [0.29, 0.717) is 6.42 Å². The highest BCUT2D eigenvalue weighted by molar-refractivity contribution is 5.90. The molecule has 108 valence electrons. The Morgan fingerprint density at radius 2 is 2.00 bits per heavy atom. The van der Waals surface area contributed by atoms with Gasteiger partial charge in [-0.1, -0.05) is 6.08 Å². The Labute approximate surface area is 109 Å². The molecule has 0 spiro atoms. The summed E-state index contributed by atoms with van der Waals surface area (Å²) in [6, 6.07) is 0. The van der Waals surface area contributed by atoms with E-state index in [1.54, 1.807) is 6.08 Å². The van der Waals surface area contributed by atoms with Gasteiger partial charge in [0.15, 0.2) is 11.6 Å². The zero-order chi connectivity index (χ0) is 14.2. The summed E-state index contributed by atoms with van der Waals surface area (Å²) in [6.07, 6.45) is -2.95. The first-order chi connectivity index (χ1) is 8.90. The van der Waals surface area contributed by atoms with E-state index in [1.165, 1.54) is 6.08 Å². The molecule has 0 bridgehead atoms. The molecule has 0 aromatic carbocycles. The summed E-state index contributed by atoms with van der Waals surface area (Å²) in [5.41, 5.74) is 0. The van der Waals surface area contributed by atoms with Gasteiger partial charge in [-0.2, -0.15) is 0 Å². The van der Waals surface area contributed by atoms with Gasteiger partial charge < -0.3 is 30.3 Å². The van der Waals surface area contributed by atoms with Gasteiger partial charge in [-0.05, 0) is 12.5 Å². The molecule has 2 rings (SSSR count). The molecule has 0 aromatic rings. The van der Waals surface area contributed by atoms with Gasteiger partial charge in [-0.15, -0.1) is 0 Å². The quantitative estimate of drug-likeness (QED) is 0.382. The Balaban J connectivity index is 2.25. The summed E-state index contributed by atoms with van der Waals surface area (Å²) in [6.45, 7) is -0.621. The van der Waals surface area contributed by atoms with Crippen LogP contribution in [0.2, 0.25) is 0 Å². The van der Waals surface area contributed by atoms with Crippen LogP contribution >= 0.6 is 0 Å². The topological polar surface area (TPSA) is 127 Å². The second-order valence-electron chi connectivity index (χ2n) is 5.02. The maximum Gasteiger partial charge on any atom is 0.198 e. The van der Waals surface area contributed by atoms with Gasteiger partial charge >= 0.3 is 0 Å². The Morgan fingerprint density at radius 1 is 1.32 bits per heavy atom. The molecular weight excluding hydrogens is 256 g/mol. The summed E-state index contributed by atoms with van der Waals surface area (Å²) in [5, 5.41) is 48.8. The van der Waals surface area contributed by atoms with E-state index >= 15 is 0 Å². The fraction of sp³-hybridized carbons (Fsp3) is 0.750. The van der Waals surface area contributed by atoms with Crippen LogP contribution in [0.3, 0.4) is 0 Å². The monoisotopic (exact) mass is 274 g/mol. The Bertz CT molecular complexity index is 380. The number of ether oxygens (including phenoxy) is 1. The van der Waals surface area contributed by atoms with E-state index in [-0.39, 0.29) is 12.2 Å². The molecule has 2 aliphatic rings. The molecule has 1 fully saturated rings. The van der Waals surface area contributed by atoms with Crippen LogP contribution in [0.15, 0.2) is 12.2 Å². The number of aliphatic hydroxyl groups excluding tert-OH is 4. The van der Waals surface area contributed by atoms with Gasteiger partial charge in [0.1, 0.15) is 24.4 Å². The molecule has 7 heteroatoms. The summed E-state index contributed by atoms with van der Waals surface area (Å²) in [4.78, 5) is 11.4. The Hall–Kier alpha value is -0.830. The zero-order valence-electron chi connectivity index (χ0n) is 10.2. The first-order valence-corrected chi connectivity index (χ1v) is 6.14. The smallest absolute Gasteiger partial charge is 0.198 e. The van der Waals surface area contributed by atoms with Gasteiger partial charge in [0.2, 0.25) is 0 Å². The van der Waals surface area contributed by atoms with Crippen molar-refractivity contribution in [3.8, 4) is 0 Å². The van der Waals surface area contributed by atoms with Crippen LogP contribution in [0, 0.1) is 5.92 Å². The summed E-state index contributed by atoms with van der Waals surface area (Å²) in [7, 11) is 0. The Morgan fingerprint density at radius 3 is 2.58 bits per heavy atom. The largest absolute Gasteiger partial charge is 0.394 e. The number of carbonyl (C=O) groups excluding carboxylic acids is 1. The molecule has 0 amide bonds. The molecule has 5 N–H and O–H groups in total. The second-order valence-corrected chi connectivity index (χ2v) is 5.02. The van der Waals surface area contributed by atoms with Crippen LogP contribution in [0.4, 0.5) is 0 Å². The predicted molar refractivity (Wildman–Crippen MR) is 61.8 cm³/mol. The molecule has 1 heterocycles. The minimum atomic E-state index is -2.17. The number of aliphatic hydroxyl groups is 5. The third kappa shape index (κ3) is 2.45. The normalized spacial score (nSPS) is 47.4. The van der Waals surface area contributed by atoms with E-state index < -0.39 is 42.7 Å². The van der Waals surface area contributed by atoms with E-state index in [2.05, 4.69) is 0 Å². The average molecular weight is 274 g/mol. The van der Waals surface area contributed by atoms with Crippen molar-refractivity contribution in [2.75, 3.05) is 6.61 Å². The van der Waals surface area contributed by atoms with Crippen LogP contribution < -0.4 is 0 Å². The second kappa shape index (κ2) is 5.28. The van der Waals surface area contributed by atoms with Crippen molar-refractivity contribution in [3.63, 3.8) is 0 Å². The maximum atomic E-state index is 11.4. The molecule has 1 aliphatic heterocycles. The molecule has 1 saturated heterocycles. The van der Waals surface area contributed by atoms with Crippen LogP contribution in [0.1, 0.15) is 12.8 Å². The lowest BCUT2D eigenvalue weighted by molar-refractivity contribution is -0.367. The van der Waals surface area contributed by atoms with E-state index in [1.807, 2.05) is 0 Å². The molecule has 19 heavy (non-hydrogen) atoms. The lowest BCUT2D eigenvalue weighted by atomic mass is 9.79. The minimum Gasteiger partial charge on any atom is -0.394 e. The fourth-order valence-corrected chi connectivity index (χ4v) is 2.59. The van der Waals surface area contributed by atoms with Crippen molar-refractivity contribution in [1.29, 1.82) is 0 Å². The third-order valence-corrected chi connectivity index (χ3v) is 3.76. The lowest BCUT2D eigenvalue weighted by Crippen LogP contribution is -2.67. The van der Waals surface area contributed by atoms with Crippen LogP contribution in [-0.2, 0) is 9.53 Å². The van der Waals surface area contributed by atoms with Crippen LogP contribution in [-0.4, -0.2) is 68.1 Å². The standard InChI is InChI=1S/C12H18O7/c13-5-8-9(15)10(16)11(17)12(18,19-8)6-2-1-3-7(14)4-6/h1,3,6,8-11,13,15-18H,2,4-5H2/t6?,8-,9-,10+,11-,12?/m1/s1. The first-order valence-electron chi connectivity index (χ1n) is 6.14. The summed E-state index contributed by atoms with van der Waals surface area (Å²) in [5.74, 6) is -3.13. The van der Waals surface area contributed by atoms with Gasteiger partial charge in [0.05, 0.1) is 6.61 Å². The van der Waals surface area contributed by atoms with Gasteiger partial charge in [0, 0.05) is 12.3 Å².